The Labute approximate surface area is 99.8 Å². The van der Waals surface area contributed by atoms with Crippen molar-refractivity contribution < 1.29 is 19.1 Å². The molecule has 0 radical (unpaired) electrons. The maximum Gasteiger partial charge on any atom is 0.308 e. The lowest BCUT2D eigenvalue weighted by atomic mass is 10.1. The number of carbonyl (C=O) groups is 2. The second-order valence-corrected chi connectivity index (χ2v) is 3.43. The van der Waals surface area contributed by atoms with Gasteiger partial charge in [-0.1, -0.05) is 18.7 Å². The van der Waals surface area contributed by atoms with Crippen molar-refractivity contribution in [1.82, 2.24) is 0 Å². The third-order valence-electron chi connectivity index (χ3n) is 1.98. The molecule has 0 saturated heterocycles. The van der Waals surface area contributed by atoms with Crippen LogP contribution in [0, 0.1) is 0 Å². The van der Waals surface area contributed by atoms with Crippen molar-refractivity contribution in [2.75, 3.05) is 0 Å². The van der Waals surface area contributed by atoms with Crippen LogP contribution < -0.4 is 4.74 Å². The number of benzene rings is 1. The summed E-state index contributed by atoms with van der Waals surface area (Å²) in [4.78, 5) is 21.6. The van der Waals surface area contributed by atoms with E-state index in [1.807, 2.05) is 0 Å². The van der Waals surface area contributed by atoms with E-state index in [1.54, 1.807) is 24.3 Å². The predicted molar refractivity (Wildman–Crippen MR) is 62.5 cm³/mol. The van der Waals surface area contributed by atoms with Gasteiger partial charge < -0.3 is 9.47 Å². The number of rotatable bonds is 4. The molecule has 4 heteroatoms. The van der Waals surface area contributed by atoms with Gasteiger partial charge in [0.2, 0.25) is 0 Å². The largest absolute Gasteiger partial charge is 0.453 e. The summed E-state index contributed by atoms with van der Waals surface area (Å²) in [6, 6.07) is 6.70. The highest BCUT2D eigenvalue weighted by atomic mass is 16.5. The minimum atomic E-state index is -0.487. The molecular weight excluding hydrogens is 220 g/mol. The quantitative estimate of drug-likeness (QED) is 0.456. The summed E-state index contributed by atoms with van der Waals surface area (Å²) in [5.41, 5.74) is 0.770. The molecule has 0 spiro atoms. The fourth-order valence-electron chi connectivity index (χ4n) is 1.32. The zero-order valence-electron chi connectivity index (χ0n) is 9.80. The molecule has 17 heavy (non-hydrogen) atoms. The average Bonchev–Trinajstić information content (AvgIpc) is 2.26. The first kappa shape index (κ1) is 13.0. The van der Waals surface area contributed by atoms with Gasteiger partial charge in [0.1, 0.15) is 11.9 Å². The van der Waals surface area contributed by atoms with Gasteiger partial charge in [-0.3, -0.25) is 9.59 Å². The van der Waals surface area contributed by atoms with E-state index in [-0.39, 0.29) is 11.9 Å². The van der Waals surface area contributed by atoms with Crippen molar-refractivity contribution in [3.8, 4) is 5.75 Å². The Balaban J connectivity index is 2.81. The van der Waals surface area contributed by atoms with Crippen LogP contribution in [0.4, 0.5) is 0 Å². The molecule has 90 valence electrons. The smallest absolute Gasteiger partial charge is 0.308 e. The second-order valence-electron chi connectivity index (χ2n) is 3.43. The highest BCUT2D eigenvalue weighted by Gasteiger charge is 2.10. The fourth-order valence-corrected chi connectivity index (χ4v) is 1.32. The van der Waals surface area contributed by atoms with Crippen LogP contribution in [0.2, 0.25) is 0 Å². The zero-order valence-corrected chi connectivity index (χ0v) is 9.80. The van der Waals surface area contributed by atoms with Crippen molar-refractivity contribution in [1.29, 1.82) is 0 Å². The Morgan fingerprint density at radius 1 is 1.18 bits per heavy atom. The van der Waals surface area contributed by atoms with Crippen LogP contribution in [0.1, 0.15) is 25.5 Å². The zero-order chi connectivity index (χ0) is 12.8. The molecule has 1 atom stereocenters. The topological polar surface area (TPSA) is 52.6 Å². The lowest BCUT2D eigenvalue weighted by Gasteiger charge is -2.13. The molecule has 0 aliphatic carbocycles. The van der Waals surface area contributed by atoms with Crippen LogP contribution in [0.5, 0.6) is 5.75 Å². The summed E-state index contributed by atoms with van der Waals surface area (Å²) in [5.74, 6) is -0.302. The summed E-state index contributed by atoms with van der Waals surface area (Å²) < 4.78 is 9.93. The van der Waals surface area contributed by atoms with Crippen molar-refractivity contribution in [3.63, 3.8) is 0 Å². The van der Waals surface area contributed by atoms with Crippen LogP contribution in [0.25, 0.3) is 0 Å². The van der Waals surface area contributed by atoms with E-state index in [0.29, 0.717) is 5.75 Å². The molecule has 1 aromatic carbocycles. The van der Waals surface area contributed by atoms with Crippen LogP contribution in [0.15, 0.2) is 36.9 Å². The van der Waals surface area contributed by atoms with Gasteiger partial charge in [0.15, 0.2) is 0 Å². The molecule has 0 bridgehead atoms. The number of carbonyl (C=O) groups excluding carboxylic acids is 2. The predicted octanol–water partition coefficient (Wildman–Crippen LogP) is 2.40. The lowest BCUT2D eigenvalue weighted by molar-refractivity contribution is -0.144. The first-order chi connectivity index (χ1) is 8.02. The first-order valence-electron chi connectivity index (χ1n) is 5.11. The van der Waals surface area contributed by atoms with E-state index in [0.717, 1.165) is 5.56 Å². The van der Waals surface area contributed by atoms with Crippen molar-refractivity contribution in [3.05, 3.63) is 42.5 Å². The molecule has 0 amide bonds. The molecule has 1 aromatic rings. The molecular formula is C13H14O4. The summed E-state index contributed by atoms with van der Waals surface area (Å²) in [6.45, 7) is 6.27. The second kappa shape index (κ2) is 5.84. The van der Waals surface area contributed by atoms with Gasteiger partial charge in [0.25, 0.3) is 0 Å². The lowest BCUT2D eigenvalue weighted by Crippen LogP contribution is -2.06. The maximum absolute atomic E-state index is 10.9. The Hall–Kier alpha value is -2.10. The number of esters is 2. The summed E-state index contributed by atoms with van der Waals surface area (Å²) in [7, 11) is 0. The molecule has 0 aliphatic heterocycles. The Bertz CT molecular complexity index is 420. The van der Waals surface area contributed by atoms with Gasteiger partial charge >= 0.3 is 11.9 Å². The number of hydrogen-bond acceptors (Lipinski definition) is 4. The normalized spacial score (nSPS) is 11.4. The minimum absolute atomic E-state index is 0.376. The van der Waals surface area contributed by atoms with E-state index in [1.165, 1.54) is 19.9 Å². The summed E-state index contributed by atoms with van der Waals surface area (Å²) in [5, 5.41) is 0. The third-order valence-corrected chi connectivity index (χ3v) is 1.98. The number of ether oxygens (including phenoxy) is 2. The molecule has 0 aliphatic rings. The molecule has 0 fully saturated rings. The van der Waals surface area contributed by atoms with Gasteiger partial charge in [0, 0.05) is 13.8 Å². The van der Waals surface area contributed by atoms with Crippen molar-refractivity contribution in [2.24, 2.45) is 0 Å². The van der Waals surface area contributed by atoms with Crippen LogP contribution >= 0.6 is 0 Å². The summed E-state index contributed by atoms with van der Waals surface area (Å²) >= 11 is 0. The van der Waals surface area contributed by atoms with Gasteiger partial charge in [0.05, 0.1) is 0 Å². The van der Waals surface area contributed by atoms with E-state index < -0.39 is 6.10 Å². The van der Waals surface area contributed by atoms with E-state index in [4.69, 9.17) is 9.47 Å². The maximum atomic E-state index is 10.9. The summed E-state index contributed by atoms with van der Waals surface area (Å²) in [6.07, 6.45) is 1.04. The van der Waals surface area contributed by atoms with Gasteiger partial charge in [-0.05, 0) is 23.8 Å². The average molecular weight is 234 g/mol. The molecule has 0 unspecified atom stereocenters. The highest BCUT2D eigenvalue weighted by molar-refractivity contribution is 5.69. The van der Waals surface area contributed by atoms with Crippen molar-refractivity contribution in [2.45, 2.75) is 20.0 Å². The van der Waals surface area contributed by atoms with E-state index >= 15 is 0 Å². The molecule has 1 rings (SSSR count). The SMILES string of the molecule is C=C[C@H](OC(C)=O)c1ccc(OC(C)=O)cc1. The fraction of sp³-hybridized carbons (Fsp3) is 0.231. The van der Waals surface area contributed by atoms with Crippen LogP contribution in [-0.2, 0) is 14.3 Å². The molecule has 0 aromatic heterocycles. The molecule has 0 saturated carbocycles. The van der Waals surface area contributed by atoms with Gasteiger partial charge in [-0.2, -0.15) is 0 Å². The third kappa shape index (κ3) is 4.10. The van der Waals surface area contributed by atoms with Crippen LogP contribution in [0.3, 0.4) is 0 Å². The molecule has 0 heterocycles. The minimum Gasteiger partial charge on any atom is -0.453 e. The molecule has 0 N–H and O–H groups in total. The van der Waals surface area contributed by atoms with E-state index in [9.17, 15) is 9.59 Å². The Kier molecular flexibility index (Phi) is 4.46. The van der Waals surface area contributed by atoms with Crippen molar-refractivity contribution >= 4 is 11.9 Å². The first-order valence-corrected chi connectivity index (χ1v) is 5.11. The van der Waals surface area contributed by atoms with Crippen LogP contribution in [-0.4, -0.2) is 11.9 Å². The highest BCUT2D eigenvalue weighted by Crippen LogP contribution is 2.21. The molecule has 4 nitrogen and oxygen atoms in total. The number of hydrogen-bond donors (Lipinski definition) is 0. The van der Waals surface area contributed by atoms with Gasteiger partial charge in [-0.15, -0.1) is 0 Å². The Morgan fingerprint density at radius 3 is 2.18 bits per heavy atom. The standard InChI is InChI=1S/C13H14O4/c1-4-13(17-10(3)15)11-5-7-12(8-6-11)16-9(2)14/h4-8,13H,1H2,2-3H3/t13-/m0/s1. The Morgan fingerprint density at radius 2 is 1.76 bits per heavy atom. The van der Waals surface area contributed by atoms with E-state index in [2.05, 4.69) is 6.58 Å². The van der Waals surface area contributed by atoms with Gasteiger partial charge in [-0.25, -0.2) is 0 Å². The monoisotopic (exact) mass is 234 g/mol.